The third-order valence-corrected chi connectivity index (χ3v) is 5.37. The number of nitrogens with one attached hydrogen (secondary N) is 1. The van der Waals surface area contributed by atoms with Gasteiger partial charge in [-0.25, -0.2) is 0 Å². The lowest BCUT2D eigenvalue weighted by molar-refractivity contribution is -0.123. The van der Waals surface area contributed by atoms with Crippen LogP contribution in [0.4, 0.5) is 0 Å². The Morgan fingerprint density at radius 1 is 1.00 bits per heavy atom. The van der Waals surface area contributed by atoms with Crippen molar-refractivity contribution >= 4 is 11.7 Å². The number of likely N-dealkylation sites (tertiary alicyclic amines) is 1. The second kappa shape index (κ2) is 10.8. The lowest BCUT2D eigenvalue weighted by Crippen LogP contribution is -2.36. The van der Waals surface area contributed by atoms with Crippen molar-refractivity contribution in [2.24, 2.45) is 5.92 Å². The molecule has 1 fully saturated rings. The van der Waals surface area contributed by atoms with Crippen molar-refractivity contribution in [3.63, 3.8) is 0 Å². The van der Waals surface area contributed by atoms with Crippen LogP contribution in [0.3, 0.4) is 0 Å². The molecule has 5 heteroatoms. The number of hydrogen-bond donors (Lipinski definition) is 1. The fraction of sp³-hybridized carbons (Fsp3) is 0.417. The first kappa shape index (κ1) is 21.1. The number of ether oxygens (including phenoxy) is 1. The van der Waals surface area contributed by atoms with Gasteiger partial charge in [-0.05, 0) is 69.1 Å². The van der Waals surface area contributed by atoms with E-state index < -0.39 is 0 Å². The summed E-state index contributed by atoms with van der Waals surface area (Å²) in [4.78, 5) is 26.8. The van der Waals surface area contributed by atoms with E-state index in [9.17, 15) is 9.59 Å². The Bertz CT molecular complexity index is 782. The summed E-state index contributed by atoms with van der Waals surface area (Å²) >= 11 is 0. The van der Waals surface area contributed by atoms with Crippen molar-refractivity contribution < 1.29 is 14.3 Å². The smallest absolute Gasteiger partial charge is 0.257 e. The zero-order valence-corrected chi connectivity index (χ0v) is 17.1. The molecule has 2 aromatic carbocycles. The van der Waals surface area contributed by atoms with Crippen LogP contribution in [0, 0.1) is 5.92 Å². The largest absolute Gasteiger partial charge is 0.484 e. The van der Waals surface area contributed by atoms with Gasteiger partial charge in [0.15, 0.2) is 12.4 Å². The Balaban J connectivity index is 1.34. The highest BCUT2D eigenvalue weighted by atomic mass is 16.5. The fourth-order valence-corrected chi connectivity index (χ4v) is 3.47. The van der Waals surface area contributed by atoms with Gasteiger partial charge in [-0.2, -0.15) is 0 Å². The van der Waals surface area contributed by atoms with Crippen LogP contribution in [-0.2, 0) is 4.79 Å². The predicted octanol–water partition coefficient (Wildman–Crippen LogP) is 3.53. The highest BCUT2D eigenvalue weighted by Gasteiger charge is 2.15. The molecule has 0 radical (unpaired) electrons. The van der Waals surface area contributed by atoms with Crippen molar-refractivity contribution in [2.75, 3.05) is 32.8 Å². The summed E-state index contributed by atoms with van der Waals surface area (Å²) in [6.07, 6.45) is 3.50. The Morgan fingerprint density at radius 2 is 1.66 bits per heavy atom. The van der Waals surface area contributed by atoms with Gasteiger partial charge in [0.25, 0.3) is 5.91 Å². The van der Waals surface area contributed by atoms with Gasteiger partial charge in [0, 0.05) is 17.7 Å². The predicted molar refractivity (Wildman–Crippen MR) is 114 cm³/mol. The molecular weight excluding hydrogens is 364 g/mol. The van der Waals surface area contributed by atoms with Crippen LogP contribution in [0.2, 0.25) is 0 Å². The third kappa shape index (κ3) is 6.71. The van der Waals surface area contributed by atoms with Gasteiger partial charge in [0.2, 0.25) is 0 Å². The zero-order chi connectivity index (χ0) is 20.5. The maximum Gasteiger partial charge on any atom is 0.257 e. The topological polar surface area (TPSA) is 58.6 Å². The maximum absolute atomic E-state index is 12.4. The number of carbonyl (C=O) groups is 2. The molecule has 0 aromatic heterocycles. The van der Waals surface area contributed by atoms with Crippen LogP contribution in [-0.4, -0.2) is 49.4 Å². The number of amides is 1. The molecule has 3 rings (SSSR count). The van der Waals surface area contributed by atoms with Gasteiger partial charge < -0.3 is 15.0 Å². The molecule has 0 saturated carbocycles. The summed E-state index contributed by atoms with van der Waals surface area (Å²) < 4.78 is 5.53. The van der Waals surface area contributed by atoms with E-state index in [-0.39, 0.29) is 18.3 Å². The van der Waals surface area contributed by atoms with E-state index in [1.807, 2.05) is 18.2 Å². The summed E-state index contributed by atoms with van der Waals surface area (Å²) in [6, 6.07) is 16.1. The van der Waals surface area contributed by atoms with Crippen LogP contribution in [0.15, 0.2) is 54.6 Å². The van der Waals surface area contributed by atoms with E-state index in [1.54, 1.807) is 36.4 Å². The van der Waals surface area contributed by atoms with Crippen molar-refractivity contribution in [1.29, 1.82) is 0 Å². The maximum atomic E-state index is 12.4. The van der Waals surface area contributed by atoms with E-state index in [1.165, 1.54) is 25.9 Å². The van der Waals surface area contributed by atoms with Crippen molar-refractivity contribution in [3.8, 4) is 5.75 Å². The summed E-state index contributed by atoms with van der Waals surface area (Å²) in [5.41, 5.74) is 1.25. The highest BCUT2D eigenvalue weighted by Crippen LogP contribution is 2.16. The minimum Gasteiger partial charge on any atom is -0.484 e. The molecule has 1 amide bonds. The second-order valence-corrected chi connectivity index (χ2v) is 7.74. The quantitative estimate of drug-likeness (QED) is 0.522. The van der Waals surface area contributed by atoms with Crippen LogP contribution < -0.4 is 10.1 Å². The van der Waals surface area contributed by atoms with Gasteiger partial charge >= 0.3 is 0 Å². The molecule has 0 spiro atoms. The number of piperidine rings is 1. The fourth-order valence-electron chi connectivity index (χ4n) is 3.47. The van der Waals surface area contributed by atoms with Gasteiger partial charge in [-0.1, -0.05) is 37.3 Å². The molecule has 0 unspecified atom stereocenters. The average molecular weight is 395 g/mol. The number of hydrogen-bond acceptors (Lipinski definition) is 4. The molecule has 29 heavy (non-hydrogen) atoms. The molecule has 2 aromatic rings. The van der Waals surface area contributed by atoms with E-state index >= 15 is 0 Å². The minimum atomic E-state index is -0.123. The number of ketones is 1. The molecule has 5 nitrogen and oxygen atoms in total. The number of rotatable bonds is 9. The third-order valence-electron chi connectivity index (χ3n) is 5.37. The Kier molecular flexibility index (Phi) is 7.82. The molecule has 1 heterocycles. The van der Waals surface area contributed by atoms with Crippen LogP contribution >= 0.6 is 0 Å². The Hall–Kier alpha value is -2.66. The normalized spacial score (nSPS) is 15.1. The molecule has 1 aliphatic rings. The van der Waals surface area contributed by atoms with Gasteiger partial charge in [-0.15, -0.1) is 0 Å². The Labute approximate surface area is 173 Å². The average Bonchev–Trinajstić information content (AvgIpc) is 2.77. The summed E-state index contributed by atoms with van der Waals surface area (Å²) in [7, 11) is 0. The summed E-state index contributed by atoms with van der Waals surface area (Å²) in [6.45, 7) is 6.32. The molecular formula is C24H30N2O3. The zero-order valence-electron chi connectivity index (χ0n) is 17.1. The molecule has 1 N–H and O–H groups in total. The van der Waals surface area contributed by atoms with E-state index in [0.717, 1.165) is 18.9 Å². The Morgan fingerprint density at radius 3 is 2.34 bits per heavy atom. The molecule has 154 valence electrons. The summed E-state index contributed by atoms with van der Waals surface area (Å²) in [5, 5.41) is 2.91. The van der Waals surface area contributed by atoms with Crippen molar-refractivity contribution in [3.05, 3.63) is 65.7 Å². The molecule has 0 aliphatic carbocycles. The first-order valence-electron chi connectivity index (χ1n) is 10.4. The summed E-state index contributed by atoms with van der Waals surface area (Å²) in [5.74, 6) is 1.26. The second-order valence-electron chi connectivity index (χ2n) is 7.74. The lowest BCUT2D eigenvalue weighted by atomic mass is 9.99. The number of nitrogens with zero attached hydrogens (tertiary/aromatic N) is 1. The van der Waals surface area contributed by atoms with Gasteiger partial charge in [0.1, 0.15) is 5.75 Å². The monoisotopic (exact) mass is 394 g/mol. The first-order chi connectivity index (χ1) is 14.1. The minimum absolute atomic E-state index is 0.0206. The van der Waals surface area contributed by atoms with Crippen LogP contribution in [0.25, 0.3) is 0 Å². The van der Waals surface area contributed by atoms with Gasteiger partial charge in [0.05, 0.1) is 0 Å². The highest BCUT2D eigenvalue weighted by molar-refractivity contribution is 6.08. The van der Waals surface area contributed by atoms with Crippen LogP contribution in [0.5, 0.6) is 5.75 Å². The number of carbonyl (C=O) groups excluding carboxylic acids is 2. The molecule has 0 atom stereocenters. The van der Waals surface area contributed by atoms with E-state index in [2.05, 4.69) is 17.1 Å². The molecule has 1 saturated heterocycles. The van der Waals surface area contributed by atoms with Gasteiger partial charge in [-0.3, -0.25) is 9.59 Å². The lowest BCUT2D eigenvalue weighted by Gasteiger charge is -2.30. The van der Waals surface area contributed by atoms with E-state index in [4.69, 9.17) is 4.74 Å². The SMILES string of the molecule is CC1CCN(CCCNC(=O)COc2ccc(C(=O)c3ccccc3)cc2)CC1. The van der Waals surface area contributed by atoms with Crippen molar-refractivity contribution in [1.82, 2.24) is 10.2 Å². The van der Waals surface area contributed by atoms with Crippen LogP contribution in [0.1, 0.15) is 42.1 Å². The molecule has 0 bridgehead atoms. The standard InChI is InChI=1S/C24H30N2O3/c1-19-12-16-26(17-13-19)15-5-14-25-23(27)18-29-22-10-8-21(9-11-22)24(28)20-6-3-2-4-7-20/h2-4,6-11,19H,5,12-18H2,1H3,(H,25,27). The first-order valence-corrected chi connectivity index (χ1v) is 10.4. The van der Waals surface area contributed by atoms with Crippen molar-refractivity contribution in [2.45, 2.75) is 26.2 Å². The van der Waals surface area contributed by atoms with E-state index in [0.29, 0.717) is 23.4 Å². The number of benzene rings is 2. The molecule has 1 aliphatic heterocycles.